The van der Waals surface area contributed by atoms with Crippen LogP contribution in [0.2, 0.25) is 0 Å². The predicted octanol–water partition coefficient (Wildman–Crippen LogP) is 3.61. The molecule has 26 heavy (non-hydrogen) atoms. The molecule has 0 fully saturated rings. The van der Waals surface area contributed by atoms with Gasteiger partial charge in [-0.25, -0.2) is 9.37 Å². The van der Waals surface area contributed by atoms with Crippen molar-refractivity contribution in [1.82, 2.24) is 14.9 Å². The highest BCUT2D eigenvalue weighted by molar-refractivity contribution is 5.43. The molecule has 0 aliphatic carbocycles. The zero-order chi connectivity index (χ0) is 19.2. The van der Waals surface area contributed by atoms with Gasteiger partial charge in [0.2, 0.25) is 5.95 Å². The standard InChI is InChI=1S/C17H21F4N5/c1-26(2)8-4-7-22-16-24-14(17(19,20)21)10-15(25-16)23-11-12-5-3-6-13(18)9-12/h3,5-6,9-10H,4,7-8,11H2,1-2H3,(H2,22,23,24,25). The van der Waals surface area contributed by atoms with Crippen LogP contribution in [-0.2, 0) is 12.7 Å². The summed E-state index contributed by atoms with van der Waals surface area (Å²) in [6, 6.07) is 6.64. The fraction of sp³-hybridized carbons (Fsp3) is 0.412. The van der Waals surface area contributed by atoms with Gasteiger partial charge >= 0.3 is 6.18 Å². The number of hydrogen-bond donors (Lipinski definition) is 2. The third-order valence-corrected chi connectivity index (χ3v) is 3.44. The van der Waals surface area contributed by atoms with Crippen LogP contribution in [-0.4, -0.2) is 42.1 Å². The Kier molecular flexibility index (Phi) is 6.73. The molecule has 0 bridgehead atoms. The minimum absolute atomic E-state index is 0.0201. The van der Waals surface area contributed by atoms with Gasteiger partial charge in [-0.1, -0.05) is 12.1 Å². The van der Waals surface area contributed by atoms with Gasteiger partial charge in [0.1, 0.15) is 11.6 Å². The molecule has 2 N–H and O–H groups in total. The van der Waals surface area contributed by atoms with Crippen LogP contribution in [0.3, 0.4) is 0 Å². The van der Waals surface area contributed by atoms with Crippen LogP contribution in [0, 0.1) is 5.82 Å². The van der Waals surface area contributed by atoms with Crippen LogP contribution in [0.1, 0.15) is 17.7 Å². The third-order valence-electron chi connectivity index (χ3n) is 3.44. The number of nitrogens with one attached hydrogen (secondary N) is 2. The maximum absolute atomic E-state index is 13.2. The first kappa shape index (κ1) is 19.9. The number of anilines is 2. The van der Waals surface area contributed by atoms with Crippen molar-refractivity contribution >= 4 is 11.8 Å². The molecule has 9 heteroatoms. The second kappa shape index (κ2) is 8.79. The van der Waals surface area contributed by atoms with Crippen LogP contribution >= 0.6 is 0 Å². The smallest absolute Gasteiger partial charge is 0.366 e. The normalized spacial score (nSPS) is 11.7. The maximum atomic E-state index is 13.2. The van der Waals surface area contributed by atoms with Crippen LogP contribution in [0.15, 0.2) is 30.3 Å². The summed E-state index contributed by atoms with van der Waals surface area (Å²) in [6.07, 6.45) is -3.85. The summed E-state index contributed by atoms with van der Waals surface area (Å²) in [5.41, 5.74) is -0.443. The molecular weight excluding hydrogens is 350 g/mol. The molecule has 0 saturated heterocycles. The highest BCUT2D eigenvalue weighted by atomic mass is 19.4. The number of aromatic nitrogens is 2. The number of rotatable bonds is 8. The molecule has 142 valence electrons. The van der Waals surface area contributed by atoms with E-state index >= 15 is 0 Å². The maximum Gasteiger partial charge on any atom is 0.433 e. The molecule has 0 amide bonds. The van der Waals surface area contributed by atoms with E-state index in [1.165, 1.54) is 18.2 Å². The Hall–Kier alpha value is -2.42. The molecule has 0 aliphatic rings. The Bertz CT molecular complexity index is 719. The Balaban J connectivity index is 2.09. The van der Waals surface area contributed by atoms with Crippen molar-refractivity contribution < 1.29 is 17.6 Å². The van der Waals surface area contributed by atoms with Gasteiger partial charge in [0, 0.05) is 19.2 Å². The lowest BCUT2D eigenvalue weighted by Crippen LogP contribution is -2.18. The van der Waals surface area contributed by atoms with E-state index in [1.807, 2.05) is 19.0 Å². The number of hydrogen-bond acceptors (Lipinski definition) is 5. The van der Waals surface area contributed by atoms with Crippen LogP contribution in [0.5, 0.6) is 0 Å². The first-order valence-corrected chi connectivity index (χ1v) is 8.07. The quantitative estimate of drug-likeness (QED) is 0.548. The minimum Gasteiger partial charge on any atom is -0.366 e. The van der Waals surface area contributed by atoms with Crippen molar-refractivity contribution in [3.8, 4) is 0 Å². The van der Waals surface area contributed by atoms with Crippen molar-refractivity contribution in [1.29, 1.82) is 0 Å². The van der Waals surface area contributed by atoms with E-state index in [1.54, 1.807) is 6.07 Å². The zero-order valence-electron chi connectivity index (χ0n) is 14.6. The second-order valence-electron chi connectivity index (χ2n) is 6.03. The average molecular weight is 371 g/mol. The summed E-state index contributed by atoms with van der Waals surface area (Å²) in [5, 5.41) is 5.60. The van der Waals surface area contributed by atoms with E-state index in [0.29, 0.717) is 12.1 Å². The summed E-state index contributed by atoms with van der Waals surface area (Å²) >= 11 is 0. The summed E-state index contributed by atoms with van der Waals surface area (Å²) in [6.45, 7) is 1.38. The number of alkyl halides is 3. The number of halogens is 4. The first-order valence-electron chi connectivity index (χ1n) is 8.07. The molecule has 1 aromatic carbocycles. The van der Waals surface area contributed by atoms with Gasteiger partial charge < -0.3 is 15.5 Å². The minimum atomic E-state index is -4.59. The number of benzene rings is 1. The fourth-order valence-corrected chi connectivity index (χ4v) is 2.20. The molecule has 0 atom stereocenters. The third kappa shape index (κ3) is 6.47. The van der Waals surface area contributed by atoms with Gasteiger partial charge in [-0.3, -0.25) is 0 Å². The van der Waals surface area contributed by atoms with E-state index < -0.39 is 17.7 Å². The van der Waals surface area contributed by atoms with E-state index in [2.05, 4.69) is 20.6 Å². The van der Waals surface area contributed by atoms with E-state index in [4.69, 9.17) is 0 Å². The largest absolute Gasteiger partial charge is 0.433 e. The van der Waals surface area contributed by atoms with Gasteiger partial charge in [0.25, 0.3) is 0 Å². The molecule has 1 aromatic heterocycles. The van der Waals surface area contributed by atoms with E-state index in [0.717, 1.165) is 19.0 Å². The summed E-state index contributed by atoms with van der Waals surface area (Å²) in [7, 11) is 3.82. The highest BCUT2D eigenvalue weighted by Gasteiger charge is 2.33. The van der Waals surface area contributed by atoms with Crippen molar-refractivity contribution in [2.24, 2.45) is 0 Å². The predicted molar refractivity (Wildman–Crippen MR) is 92.4 cm³/mol. The molecule has 2 aromatic rings. The van der Waals surface area contributed by atoms with Crippen LogP contribution in [0.25, 0.3) is 0 Å². The lowest BCUT2D eigenvalue weighted by atomic mass is 10.2. The van der Waals surface area contributed by atoms with Crippen LogP contribution in [0.4, 0.5) is 29.3 Å². The molecule has 0 saturated carbocycles. The first-order chi connectivity index (χ1) is 12.2. The average Bonchev–Trinajstić information content (AvgIpc) is 2.56. The highest BCUT2D eigenvalue weighted by Crippen LogP contribution is 2.29. The van der Waals surface area contributed by atoms with Crippen molar-refractivity contribution in [2.75, 3.05) is 37.8 Å². The van der Waals surface area contributed by atoms with Gasteiger partial charge in [-0.2, -0.15) is 18.2 Å². The summed E-state index contributed by atoms with van der Waals surface area (Å²) in [5.74, 6) is -0.488. The van der Waals surface area contributed by atoms with E-state index in [9.17, 15) is 17.6 Å². The van der Waals surface area contributed by atoms with Crippen molar-refractivity contribution in [2.45, 2.75) is 19.1 Å². The summed E-state index contributed by atoms with van der Waals surface area (Å²) < 4.78 is 52.4. The molecule has 5 nitrogen and oxygen atoms in total. The van der Waals surface area contributed by atoms with Gasteiger partial charge in [-0.05, 0) is 44.8 Å². The molecule has 1 heterocycles. The van der Waals surface area contributed by atoms with Gasteiger partial charge in [0.15, 0.2) is 5.69 Å². The van der Waals surface area contributed by atoms with Gasteiger partial charge in [-0.15, -0.1) is 0 Å². The molecule has 0 aliphatic heterocycles. The lowest BCUT2D eigenvalue weighted by Gasteiger charge is -2.14. The Morgan fingerprint density at radius 1 is 1.08 bits per heavy atom. The molecule has 0 unspecified atom stereocenters. The topological polar surface area (TPSA) is 53.1 Å². The van der Waals surface area contributed by atoms with E-state index in [-0.39, 0.29) is 18.3 Å². The lowest BCUT2D eigenvalue weighted by molar-refractivity contribution is -0.141. The van der Waals surface area contributed by atoms with Gasteiger partial charge in [0.05, 0.1) is 0 Å². The van der Waals surface area contributed by atoms with Crippen LogP contribution < -0.4 is 10.6 Å². The number of nitrogens with zero attached hydrogens (tertiary/aromatic N) is 3. The molecule has 0 spiro atoms. The van der Waals surface area contributed by atoms with Crippen molar-refractivity contribution in [3.05, 3.63) is 47.4 Å². The Labute approximate surface area is 149 Å². The molecule has 0 radical (unpaired) electrons. The monoisotopic (exact) mass is 371 g/mol. The molecule has 2 rings (SSSR count). The Morgan fingerprint density at radius 2 is 1.85 bits per heavy atom. The Morgan fingerprint density at radius 3 is 2.50 bits per heavy atom. The van der Waals surface area contributed by atoms with Crippen molar-refractivity contribution in [3.63, 3.8) is 0 Å². The molecular formula is C17H21F4N5. The SMILES string of the molecule is CN(C)CCCNc1nc(NCc2cccc(F)c2)cc(C(F)(F)F)n1. The second-order valence-corrected chi connectivity index (χ2v) is 6.03. The fourth-order valence-electron chi connectivity index (χ4n) is 2.20. The zero-order valence-corrected chi connectivity index (χ0v) is 14.6. The summed E-state index contributed by atoms with van der Waals surface area (Å²) in [4.78, 5) is 9.56.